The first-order valence-corrected chi connectivity index (χ1v) is 14.8. The molecule has 1 aliphatic heterocycles. The van der Waals surface area contributed by atoms with Gasteiger partial charge in [0.1, 0.15) is 6.04 Å². The molecule has 0 unspecified atom stereocenters. The maximum atomic E-state index is 13.6. The third kappa shape index (κ3) is 5.55. The van der Waals surface area contributed by atoms with Crippen LogP contribution in [0.15, 0.2) is 65.6 Å². The second kappa shape index (κ2) is 11.6. The smallest absolute Gasteiger partial charge is 0.265 e. The second-order valence-electron chi connectivity index (χ2n) is 10.1. The van der Waals surface area contributed by atoms with E-state index in [-0.39, 0.29) is 30.8 Å². The van der Waals surface area contributed by atoms with Gasteiger partial charge in [-0.2, -0.15) is 0 Å². The van der Waals surface area contributed by atoms with Crippen LogP contribution in [0.5, 0.6) is 0 Å². The van der Waals surface area contributed by atoms with Crippen LogP contribution in [-0.2, 0) is 26.2 Å². The zero-order valence-corrected chi connectivity index (χ0v) is 23.4. The van der Waals surface area contributed by atoms with Crippen LogP contribution in [-0.4, -0.2) is 43.8 Å². The summed E-state index contributed by atoms with van der Waals surface area (Å²) in [4.78, 5) is 28.7. The molecule has 3 aromatic carbocycles. The third-order valence-electron chi connectivity index (χ3n) is 7.26. The van der Waals surface area contributed by atoms with E-state index in [4.69, 9.17) is 0 Å². The highest BCUT2D eigenvalue weighted by Crippen LogP contribution is 2.42. The fraction of sp³-hybridized carbons (Fsp3) is 0.400. The molecule has 7 nitrogen and oxygen atoms in total. The van der Waals surface area contributed by atoms with E-state index in [1.807, 2.05) is 76.2 Å². The van der Waals surface area contributed by atoms with Crippen LogP contribution >= 0.6 is 0 Å². The number of aryl methyl sites for hydroxylation is 1. The minimum atomic E-state index is -3.68. The Bertz CT molecular complexity index is 1430. The van der Waals surface area contributed by atoms with E-state index in [1.165, 1.54) is 4.31 Å². The third-order valence-corrected chi connectivity index (χ3v) is 9.11. The average Bonchev–Trinajstić information content (AvgIpc) is 3.11. The van der Waals surface area contributed by atoms with Crippen molar-refractivity contribution in [3.8, 4) is 0 Å². The predicted octanol–water partition coefficient (Wildman–Crippen LogP) is 5.16. The fourth-order valence-electron chi connectivity index (χ4n) is 5.08. The summed E-state index contributed by atoms with van der Waals surface area (Å²) in [7, 11) is -3.68. The number of hydrogen-bond acceptors (Lipinski definition) is 4. The molecule has 0 aliphatic carbocycles. The van der Waals surface area contributed by atoms with Gasteiger partial charge in [-0.1, -0.05) is 67.9 Å². The normalized spacial score (nSPS) is 15.3. The molecule has 0 spiro atoms. The Morgan fingerprint density at radius 2 is 1.71 bits per heavy atom. The van der Waals surface area contributed by atoms with Crippen LogP contribution in [0.2, 0.25) is 0 Å². The molecule has 0 fully saturated rings. The molecule has 1 aliphatic rings. The van der Waals surface area contributed by atoms with Crippen molar-refractivity contribution >= 4 is 38.3 Å². The van der Waals surface area contributed by atoms with Crippen molar-refractivity contribution < 1.29 is 18.0 Å². The fourth-order valence-corrected chi connectivity index (χ4v) is 6.83. The topological polar surface area (TPSA) is 86.8 Å². The molecule has 0 saturated heterocycles. The molecule has 0 radical (unpaired) electrons. The Labute approximate surface area is 225 Å². The molecule has 38 heavy (non-hydrogen) atoms. The lowest BCUT2D eigenvalue weighted by Crippen LogP contribution is -2.50. The molecule has 0 saturated carbocycles. The molecule has 0 bridgehead atoms. The molecule has 1 N–H and O–H groups in total. The van der Waals surface area contributed by atoms with Crippen LogP contribution in [0, 0.1) is 6.92 Å². The summed E-state index contributed by atoms with van der Waals surface area (Å²) in [6.45, 7) is 8.37. The molecule has 0 aromatic heterocycles. The Morgan fingerprint density at radius 1 is 1.00 bits per heavy atom. The van der Waals surface area contributed by atoms with Crippen LogP contribution < -0.4 is 9.62 Å². The Kier molecular flexibility index (Phi) is 8.41. The van der Waals surface area contributed by atoms with Gasteiger partial charge >= 0.3 is 0 Å². The largest absolute Gasteiger partial charge is 0.352 e. The van der Waals surface area contributed by atoms with Gasteiger partial charge in [-0.05, 0) is 56.2 Å². The predicted molar refractivity (Wildman–Crippen MR) is 151 cm³/mol. The number of anilines is 1. The van der Waals surface area contributed by atoms with E-state index in [2.05, 4.69) is 5.32 Å². The van der Waals surface area contributed by atoms with Gasteiger partial charge in [-0.3, -0.25) is 13.9 Å². The lowest BCUT2D eigenvalue weighted by Gasteiger charge is -2.32. The van der Waals surface area contributed by atoms with Gasteiger partial charge in [0, 0.05) is 30.9 Å². The number of carbonyl (C=O) groups is 2. The number of benzene rings is 3. The summed E-state index contributed by atoms with van der Waals surface area (Å²) in [6, 6.07) is 18.2. The molecular formula is C30H37N3O4S. The van der Waals surface area contributed by atoms with Crippen molar-refractivity contribution in [2.24, 2.45) is 0 Å². The number of hydrogen-bond donors (Lipinski definition) is 1. The summed E-state index contributed by atoms with van der Waals surface area (Å²) >= 11 is 0. The standard InChI is InChI=1S/C30H37N3O4S/c1-5-22(4)31-30(35)25(6-2)32(20-23-12-7-11-21(3)19-23)28(34)17-10-18-33-26-15-8-13-24-14-9-16-27(29(24)26)38(33,36)37/h7-9,11-16,19,22,25H,5-6,10,17-18,20H2,1-4H3,(H,31,35)/t22-,25+/m0/s1. The van der Waals surface area contributed by atoms with E-state index in [9.17, 15) is 18.0 Å². The summed E-state index contributed by atoms with van der Waals surface area (Å²) < 4.78 is 28.0. The van der Waals surface area contributed by atoms with E-state index in [0.717, 1.165) is 28.3 Å². The van der Waals surface area contributed by atoms with Gasteiger partial charge in [-0.25, -0.2) is 8.42 Å². The minimum absolute atomic E-state index is 0.0113. The molecule has 2 atom stereocenters. The molecule has 2 amide bonds. The van der Waals surface area contributed by atoms with Crippen LogP contribution in [0.25, 0.3) is 10.8 Å². The summed E-state index contributed by atoms with van der Waals surface area (Å²) in [5.74, 6) is -0.322. The summed E-state index contributed by atoms with van der Waals surface area (Å²) in [5, 5.41) is 4.64. The Morgan fingerprint density at radius 3 is 2.39 bits per heavy atom. The van der Waals surface area contributed by atoms with Crippen molar-refractivity contribution in [2.45, 2.75) is 76.9 Å². The van der Waals surface area contributed by atoms with Crippen LogP contribution in [0.3, 0.4) is 0 Å². The molecular weight excluding hydrogens is 498 g/mol. The van der Waals surface area contributed by atoms with Gasteiger partial charge in [-0.15, -0.1) is 0 Å². The second-order valence-corrected chi connectivity index (χ2v) is 11.9. The van der Waals surface area contributed by atoms with Crippen molar-refractivity contribution in [2.75, 3.05) is 10.8 Å². The first-order chi connectivity index (χ1) is 18.2. The van der Waals surface area contributed by atoms with Crippen molar-refractivity contribution in [1.82, 2.24) is 10.2 Å². The van der Waals surface area contributed by atoms with Gasteiger partial charge < -0.3 is 10.2 Å². The van der Waals surface area contributed by atoms with Crippen molar-refractivity contribution in [3.63, 3.8) is 0 Å². The maximum Gasteiger partial charge on any atom is 0.265 e. The zero-order chi connectivity index (χ0) is 27.4. The lowest BCUT2D eigenvalue weighted by molar-refractivity contribution is -0.141. The monoisotopic (exact) mass is 535 g/mol. The Balaban J connectivity index is 1.52. The first kappa shape index (κ1) is 27.6. The van der Waals surface area contributed by atoms with E-state index in [0.29, 0.717) is 30.0 Å². The first-order valence-electron chi connectivity index (χ1n) is 13.4. The van der Waals surface area contributed by atoms with Gasteiger partial charge in [0.15, 0.2) is 0 Å². The van der Waals surface area contributed by atoms with Crippen molar-refractivity contribution in [3.05, 3.63) is 71.8 Å². The maximum absolute atomic E-state index is 13.6. The summed E-state index contributed by atoms with van der Waals surface area (Å²) in [5.41, 5.74) is 2.69. The quantitative estimate of drug-likeness (QED) is 0.368. The number of carbonyl (C=O) groups excluding carboxylic acids is 2. The SMILES string of the molecule is CC[C@H](C(=O)N[C@@H](C)CC)N(Cc1cccc(C)c1)C(=O)CCCN1c2cccc3cccc(c23)S1(=O)=O. The van der Waals surface area contributed by atoms with Crippen molar-refractivity contribution in [1.29, 1.82) is 0 Å². The highest BCUT2D eigenvalue weighted by atomic mass is 32.2. The highest BCUT2D eigenvalue weighted by Gasteiger charge is 2.35. The summed E-state index contributed by atoms with van der Waals surface area (Å²) in [6.07, 6.45) is 1.76. The highest BCUT2D eigenvalue weighted by molar-refractivity contribution is 7.93. The van der Waals surface area contributed by atoms with Gasteiger partial charge in [0.2, 0.25) is 11.8 Å². The molecule has 1 heterocycles. The average molecular weight is 536 g/mol. The lowest BCUT2D eigenvalue weighted by atomic mass is 10.1. The number of amides is 2. The number of nitrogens with one attached hydrogen (secondary N) is 1. The van der Waals surface area contributed by atoms with E-state index in [1.54, 1.807) is 17.0 Å². The van der Waals surface area contributed by atoms with E-state index >= 15 is 0 Å². The van der Waals surface area contributed by atoms with Crippen LogP contribution in [0.4, 0.5) is 5.69 Å². The Hall–Kier alpha value is -3.39. The van der Waals surface area contributed by atoms with E-state index < -0.39 is 16.1 Å². The van der Waals surface area contributed by atoms with Gasteiger partial charge in [0.25, 0.3) is 10.0 Å². The van der Waals surface area contributed by atoms with Gasteiger partial charge in [0.05, 0.1) is 10.6 Å². The zero-order valence-electron chi connectivity index (χ0n) is 22.6. The number of rotatable bonds is 11. The number of sulfonamides is 1. The molecule has 3 aromatic rings. The minimum Gasteiger partial charge on any atom is -0.352 e. The number of nitrogens with zero attached hydrogens (tertiary/aromatic N) is 2. The van der Waals surface area contributed by atoms with Crippen LogP contribution in [0.1, 0.15) is 57.6 Å². The molecule has 8 heteroatoms. The molecule has 202 valence electrons. The molecule has 4 rings (SSSR count).